The molecule has 0 bridgehead atoms. The van der Waals surface area contributed by atoms with Crippen LogP contribution in [0.3, 0.4) is 0 Å². The smallest absolute Gasteiger partial charge is 0.228 e. The Hall–Kier alpha value is -2.52. The molecule has 0 amide bonds. The van der Waals surface area contributed by atoms with Gasteiger partial charge in [0.15, 0.2) is 5.82 Å². The van der Waals surface area contributed by atoms with E-state index in [9.17, 15) is 0 Å². The van der Waals surface area contributed by atoms with Gasteiger partial charge in [0.25, 0.3) is 0 Å². The van der Waals surface area contributed by atoms with Crippen LogP contribution in [0.1, 0.15) is 53.7 Å². The summed E-state index contributed by atoms with van der Waals surface area (Å²) in [6.45, 7) is 15.5. The van der Waals surface area contributed by atoms with Crippen molar-refractivity contribution in [3.05, 3.63) is 17.6 Å². The minimum Gasteiger partial charge on any atom is -0.380 e. The highest BCUT2D eigenvalue weighted by Crippen LogP contribution is 2.29. The second-order valence-electron chi connectivity index (χ2n) is 9.02. The lowest BCUT2D eigenvalue weighted by atomic mass is 10.1. The summed E-state index contributed by atoms with van der Waals surface area (Å²) in [7, 11) is 2.04. The van der Waals surface area contributed by atoms with E-state index in [1.165, 1.54) is 0 Å². The predicted molar refractivity (Wildman–Crippen MR) is 136 cm³/mol. The number of aryl methyl sites for hydroxylation is 1. The molecule has 1 aliphatic rings. The fraction of sp³-hybridized carbons (Fsp3) is 0.667. The Kier molecular flexibility index (Phi) is 8.80. The van der Waals surface area contributed by atoms with Gasteiger partial charge in [0.05, 0.1) is 18.8 Å². The zero-order valence-electron chi connectivity index (χ0n) is 21.2. The Morgan fingerprint density at radius 1 is 1.24 bits per heavy atom. The van der Waals surface area contributed by atoms with Gasteiger partial charge in [-0.2, -0.15) is 10.1 Å². The topological polar surface area (TPSA) is 92.5 Å². The number of hydrogen-bond acceptors (Lipinski definition) is 8. The molecular formula is C24H40N8O. The van der Waals surface area contributed by atoms with Gasteiger partial charge in [-0.3, -0.25) is 4.68 Å². The van der Waals surface area contributed by atoms with Gasteiger partial charge in [-0.15, -0.1) is 0 Å². The van der Waals surface area contributed by atoms with Gasteiger partial charge in [-0.25, -0.2) is 9.98 Å². The summed E-state index contributed by atoms with van der Waals surface area (Å²) in [4.78, 5) is 16.6. The van der Waals surface area contributed by atoms with Crippen LogP contribution >= 0.6 is 0 Å². The molecule has 0 fully saturated rings. The predicted octanol–water partition coefficient (Wildman–Crippen LogP) is 3.61. The Labute approximate surface area is 197 Å². The summed E-state index contributed by atoms with van der Waals surface area (Å²) in [6.07, 6.45) is 5.85. The van der Waals surface area contributed by atoms with Gasteiger partial charge in [-0.1, -0.05) is 27.7 Å². The lowest BCUT2D eigenvalue weighted by Gasteiger charge is -2.26. The molecule has 33 heavy (non-hydrogen) atoms. The van der Waals surface area contributed by atoms with Crippen LogP contribution in [-0.4, -0.2) is 64.9 Å². The normalized spacial score (nSPS) is 17.0. The largest absolute Gasteiger partial charge is 0.380 e. The molecular weight excluding hydrogens is 416 g/mol. The van der Waals surface area contributed by atoms with Crippen LogP contribution in [0.5, 0.6) is 0 Å². The first-order valence-electron chi connectivity index (χ1n) is 12.2. The second-order valence-corrected chi connectivity index (χ2v) is 9.02. The molecule has 3 rings (SSSR count). The zero-order valence-corrected chi connectivity index (χ0v) is 21.2. The van der Waals surface area contributed by atoms with Crippen molar-refractivity contribution in [1.82, 2.24) is 25.1 Å². The van der Waals surface area contributed by atoms with Crippen molar-refractivity contribution in [2.24, 2.45) is 10.9 Å². The Morgan fingerprint density at radius 3 is 2.67 bits per heavy atom. The van der Waals surface area contributed by atoms with Crippen molar-refractivity contribution in [1.29, 1.82) is 0 Å². The van der Waals surface area contributed by atoms with Crippen LogP contribution in [0.2, 0.25) is 0 Å². The standard InChI is InChI=1S/C24H40N8O/c1-8-19-21-22(32(30-19)12-13-33-9-2)23(27-20-11-10-17(5)14-26-20)29-24(28-21)31(7)18(6)15-25-16(3)4/h11,14,16-18,25H,8-10,12-13,15H2,1-7H3,(H,27,28,29)/t17?,18-/m0/s1. The molecule has 2 aromatic rings. The van der Waals surface area contributed by atoms with Crippen molar-refractivity contribution in [2.75, 3.05) is 37.0 Å². The number of ether oxygens (including phenoxy) is 1. The molecule has 1 unspecified atom stereocenters. The summed E-state index contributed by atoms with van der Waals surface area (Å²) >= 11 is 0. The number of aliphatic imine (C=N–C) groups is 1. The maximum atomic E-state index is 5.60. The monoisotopic (exact) mass is 456 g/mol. The molecule has 9 nitrogen and oxygen atoms in total. The summed E-state index contributed by atoms with van der Waals surface area (Å²) in [6, 6.07) is 0.652. The first-order valence-corrected chi connectivity index (χ1v) is 12.2. The van der Waals surface area contributed by atoms with Gasteiger partial charge in [0.1, 0.15) is 16.9 Å². The molecule has 0 saturated heterocycles. The molecule has 1 aliphatic heterocycles. The first-order chi connectivity index (χ1) is 15.8. The molecule has 0 aromatic carbocycles. The van der Waals surface area contributed by atoms with E-state index >= 15 is 0 Å². The van der Waals surface area contributed by atoms with Crippen LogP contribution in [0.4, 0.5) is 11.8 Å². The van der Waals surface area contributed by atoms with Crippen LogP contribution in [0.15, 0.2) is 16.9 Å². The van der Waals surface area contributed by atoms with Gasteiger partial charge >= 0.3 is 0 Å². The highest BCUT2D eigenvalue weighted by atomic mass is 16.5. The van der Waals surface area contributed by atoms with Crippen LogP contribution < -0.4 is 15.5 Å². The van der Waals surface area contributed by atoms with E-state index in [1.807, 2.05) is 24.9 Å². The third-order valence-electron chi connectivity index (χ3n) is 5.83. The van der Waals surface area contributed by atoms with Gasteiger partial charge < -0.3 is 20.3 Å². The zero-order chi connectivity index (χ0) is 24.0. The summed E-state index contributed by atoms with van der Waals surface area (Å²) in [5.74, 6) is 2.66. The summed E-state index contributed by atoms with van der Waals surface area (Å²) in [5.41, 5.74) is 2.74. The SMILES string of the molecule is CCOCCn1nc(CC)c2nc(N(C)[C@@H](C)CNC(C)C)nc(NC3=CCC(C)C=N3)c21. The quantitative estimate of drug-likeness (QED) is 0.471. The minimum atomic E-state index is 0.226. The third-order valence-corrected chi connectivity index (χ3v) is 5.83. The van der Waals surface area contributed by atoms with E-state index in [0.29, 0.717) is 37.7 Å². The number of anilines is 2. The number of aromatic nitrogens is 4. The summed E-state index contributed by atoms with van der Waals surface area (Å²) < 4.78 is 7.57. The van der Waals surface area contributed by atoms with Gasteiger partial charge in [-0.05, 0) is 38.7 Å². The van der Waals surface area contributed by atoms with E-state index < -0.39 is 0 Å². The molecule has 182 valence electrons. The molecule has 0 spiro atoms. The maximum absolute atomic E-state index is 5.60. The van der Waals surface area contributed by atoms with E-state index in [-0.39, 0.29) is 6.04 Å². The highest BCUT2D eigenvalue weighted by Gasteiger charge is 2.22. The molecule has 0 aliphatic carbocycles. The average Bonchev–Trinajstić information content (AvgIpc) is 3.16. The van der Waals surface area contributed by atoms with Crippen molar-refractivity contribution >= 4 is 29.0 Å². The fourth-order valence-electron chi connectivity index (χ4n) is 3.64. The van der Waals surface area contributed by atoms with E-state index in [1.54, 1.807) is 0 Å². The van der Waals surface area contributed by atoms with E-state index in [4.69, 9.17) is 19.8 Å². The number of rotatable bonds is 12. The molecule has 0 saturated carbocycles. The fourth-order valence-corrected chi connectivity index (χ4v) is 3.64. The number of nitrogens with zero attached hydrogens (tertiary/aromatic N) is 6. The van der Waals surface area contributed by atoms with Crippen molar-refractivity contribution in [2.45, 2.75) is 73.0 Å². The molecule has 3 heterocycles. The van der Waals surface area contributed by atoms with Gasteiger partial charge in [0, 0.05) is 38.5 Å². The van der Waals surface area contributed by atoms with Crippen molar-refractivity contribution in [3.8, 4) is 0 Å². The summed E-state index contributed by atoms with van der Waals surface area (Å²) in [5, 5.41) is 11.8. The molecule has 0 radical (unpaired) electrons. The average molecular weight is 457 g/mol. The first kappa shape index (κ1) is 25.1. The van der Waals surface area contributed by atoms with E-state index in [2.05, 4.69) is 61.2 Å². The number of hydrogen-bond donors (Lipinski definition) is 2. The van der Waals surface area contributed by atoms with Crippen LogP contribution in [-0.2, 0) is 17.7 Å². The lowest BCUT2D eigenvalue weighted by Crippen LogP contribution is -2.41. The van der Waals surface area contributed by atoms with Crippen LogP contribution in [0.25, 0.3) is 11.0 Å². The maximum Gasteiger partial charge on any atom is 0.228 e. The highest BCUT2D eigenvalue weighted by molar-refractivity contribution is 5.89. The number of nitrogens with one attached hydrogen (secondary N) is 2. The van der Waals surface area contributed by atoms with Crippen LogP contribution in [0, 0.1) is 5.92 Å². The van der Waals surface area contributed by atoms with Crippen molar-refractivity contribution < 1.29 is 4.74 Å². The van der Waals surface area contributed by atoms with E-state index in [0.717, 1.165) is 47.8 Å². The minimum absolute atomic E-state index is 0.226. The third kappa shape index (κ3) is 6.29. The Balaban J connectivity index is 2.03. The lowest BCUT2D eigenvalue weighted by molar-refractivity contribution is 0.137. The molecule has 2 aromatic heterocycles. The number of allylic oxidation sites excluding steroid dienone is 1. The molecule has 9 heteroatoms. The number of likely N-dealkylation sites (N-methyl/N-ethyl adjacent to an activating group) is 1. The Bertz CT molecular complexity index is 980. The Morgan fingerprint density at radius 2 is 2.03 bits per heavy atom. The molecule has 2 atom stereocenters. The molecule has 2 N–H and O–H groups in total. The van der Waals surface area contributed by atoms with Crippen molar-refractivity contribution in [3.63, 3.8) is 0 Å². The number of fused-ring (bicyclic) bond motifs is 1. The second kappa shape index (κ2) is 11.6. The van der Waals surface area contributed by atoms with Gasteiger partial charge in [0.2, 0.25) is 5.95 Å².